The summed E-state index contributed by atoms with van der Waals surface area (Å²) in [5, 5.41) is 0. The molecule has 0 radical (unpaired) electrons. The van der Waals surface area contributed by atoms with Crippen molar-refractivity contribution in [1.82, 2.24) is 19.3 Å². The molecule has 1 saturated heterocycles. The zero-order valence-electron chi connectivity index (χ0n) is 14.8. The summed E-state index contributed by atoms with van der Waals surface area (Å²) in [5.74, 6) is 0.432. The Balaban J connectivity index is 1.53. The molecule has 0 amide bonds. The summed E-state index contributed by atoms with van der Waals surface area (Å²) in [4.78, 5) is 22.3. The normalized spacial score (nSPS) is 18.2. The van der Waals surface area contributed by atoms with Crippen molar-refractivity contribution >= 4 is 21.1 Å². The van der Waals surface area contributed by atoms with E-state index in [4.69, 9.17) is 9.15 Å². The Hall–Kier alpha value is -2.72. The van der Waals surface area contributed by atoms with Crippen molar-refractivity contribution in [3.63, 3.8) is 0 Å². The van der Waals surface area contributed by atoms with Crippen molar-refractivity contribution < 1.29 is 17.6 Å². The van der Waals surface area contributed by atoms with Gasteiger partial charge in [0.2, 0.25) is 15.9 Å². The van der Waals surface area contributed by atoms with Crippen molar-refractivity contribution in [3.05, 3.63) is 46.3 Å². The standard InChI is InChI=1S/C17H18N4O5S/c1-10-7-16(19-11(2)18-10)25-12-5-6-21(9-12)27(23,24)13-3-4-15-14(8-13)20-17(22)26-15/h3-4,7-8,12H,5-6,9H2,1-2H3,(H,20,22)/t12-/m0/s1. The fourth-order valence-electron chi connectivity index (χ4n) is 3.17. The van der Waals surface area contributed by atoms with Gasteiger partial charge < -0.3 is 9.15 Å². The average molecular weight is 390 g/mol. The van der Waals surface area contributed by atoms with Crippen molar-refractivity contribution in [2.75, 3.05) is 13.1 Å². The molecule has 27 heavy (non-hydrogen) atoms. The van der Waals surface area contributed by atoms with E-state index in [9.17, 15) is 13.2 Å². The molecular weight excluding hydrogens is 372 g/mol. The second kappa shape index (κ2) is 6.46. The molecule has 0 spiro atoms. The molecule has 0 saturated carbocycles. The molecule has 1 N–H and O–H groups in total. The summed E-state index contributed by atoms with van der Waals surface area (Å²) in [6.07, 6.45) is 0.275. The SMILES string of the molecule is Cc1cc(O[C@H]2CCN(S(=O)(=O)c3ccc4oc(=O)[nH]c4c3)C2)nc(C)n1. The average Bonchev–Trinajstić information content (AvgIpc) is 3.18. The van der Waals surface area contributed by atoms with Gasteiger partial charge in [-0.25, -0.2) is 18.2 Å². The number of hydrogen-bond donors (Lipinski definition) is 1. The van der Waals surface area contributed by atoms with E-state index < -0.39 is 15.8 Å². The smallest absolute Gasteiger partial charge is 0.417 e. The maximum atomic E-state index is 12.9. The Morgan fingerprint density at radius 3 is 2.85 bits per heavy atom. The van der Waals surface area contributed by atoms with Crippen molar-refractivity contribution in [1.29, 1.82) is 0 Å². The molecule has 0 unspecified atom stereocenters. The van der Waals surface area contributed by atoms with Crippen LogP contribution in [0.25, 0.3) is 11.1 Å². The van der Waals surface area contributed by atoms with Gasteiger partial charge in [-0.3, -0.25) is 4.98 Å². The van der Waals surface area contributed by atoms with E-state index in [-0.39, 0.29) is 17.5 Å². The van der Waals surface area contributed by atoms with Crippen LogP contribution in [0, 0.1) is 13.8 Å². The number of oxazole rings is 1. The van der Waals surface area contributed by atoms with E-state index in [0.29, 0.717) is 35.8 Å². The van der Waals surface area contributed by atoms with Crippen LogP contribution in [0.15, 0.2) is 38.4 Å². The lowest BCUT2D eigenvalue weighted by molar-refractivity contribution is 0.206. The Morgan fingerprint density at radius 2 is 2.07 bits per heavy atom. The van der Waals surface area contributed by atoms with Gasteiger partial charge in [-0.05, 0) is 38.5 Å². The summed E-state index contributed by atoms with van der Waals surface area (Å²) in [5.41, 5.74) is 1.46. The lowest BCUT2D eigenvalue weighted by Gasteiger charge is -2.17. The number of H-pyrrole nitrogens is 1. The van der Waals surface area contributed by atoms with Gasteiger partial charge in [0, 0.05) is 18.3 Å². The number of sulfonamides is 1. The second-order valence-electron chi connectivity index (χ2n) is 6.46. The molecule has 10 heteroatoms. The molecule has 1 aliphatic rings. The third kappa shape index (κ3) is 3.45. The summed E-state index contributed by atoms with van der Waals surface area (Å²) in [6, 6.07) is 6.03. The number of benzene rings is 1. The van der Waals surface area contributed by atoms with E-state index in [1.54, 1.807) is 13.0 Å². The highest BCUT2D eigenvalue weighted by atomic mass is 32.2. The number of nitrogens with one attached hydrogen (secondary N) is 1. The van der Waals surface area contributed by atoms with Gasteiger partial charge in [0.05, 0.1) is 17.0 Å². The maximum absolute atomic E-state index is 12.9. The molecule has 9 nitrogen and oxygen atoms in total. The molecule has 2 aromatic heterocycles. The summed E-state index contributed by atoms with van der Waals surface area (Å²) in [6.45, 7) is 4.20. The molecule has 3 aromatic rings. The third-order valence-corrected chi connectivity index (χ3v) is 6.23. The molecular formula is C17H18N4O5S. The predicted molar refractivity (Wildman–Crippen MR) is 96.1 cm³/mol. The number of ether oxygens (including phenoxy) is 1. The molecule has 1 aliphatic heterocycles. The van der Waals surface area contributed by atoms with Crippen molar-refractivity contribution in [2.45, 2.75) is 31.3 Å². The van der Waals surface area contributed by atoms with Gasteiger partial charge in [0.15, 0.2) is 5.58 Å². The minimum Gasteiger partial charge on any atom is -0.473 e. The van der Waals surface area contributed by atoms with Gasteiger partial charge in [-0.1, -0.05) is 0 Å². The largest absolute Gasteiger partial charge is 0.473 e. The van der Waals surface area contributed by atoms with Crippen LogP contribution in [-0.4, -0.2) is 46.9 Å². The number of aromatic amines is 1. The summed E-state index contributed by atoms with van der Waals surface area (Å²) < 4.78 is 38.0. The highest BCUT2D eigenvalue weighted by Gasteiger charge is 2.34. The summed E-state index contributed by atoms with van der Waals surface area (Å²) in [7, 11) is -3.71. The van der Waals surface area contributed by atoms with Gasteiger partial charge in [-0.15, -0.1) is 0 Å². The first-order valence-electron chi connectivity index (χ1n) is 8.43. The van der Waals surface area contributed by atoms with E-state index in [1.807, 2.05) is 6.92 Å². The lowest BCUT2D eigenvalue weighted by Crippen LogP contribution is -2.31. The van der Waals surface area contributed by atoms with E-state index >= 15 is 0 Å². The minimum atomic E-state index is -3.71. The third-order valence-electron chi connectivity index (χ3n) is 4.37. The van der Waals surface area contributed by atoms with Crippen LogP contribution >= 0.6 is 0 Å². The Morgan fingerprint density at radius 1 is 1.26 bits per heavy atom. The van der Waals surface area contributed by atoms with E-state index in [2.05, 4.69) is 15.0 Å². The van der Waals surface area contributed by atoms with Gasteiger partial charge in [-0.2, -0.15) is 9.29 Å². The number of nitrogens with zero attached hydrogens (tertiary/aromatic N) is 3. The molecule has 3 heterocycles. The number of fused-ring (bicyclic) bond motifs is 1. The van der Waals surface area contributed by atoms with Crippen LogP contribution in [0.1, 0.15) is 17.9 Å². The minimum absolute atomic E-state index is 0.0985. The first-order chi connectivity index (χ1) is 12.8. The summed E-state index contributed by atoms with van der Waals surface area (Å²) >= 11 is 0. The van der Waals surface area contributed by atoms with Crippen LogP contribution < -0.4 is 10.5 Å². The molecule has 0 aliphatic carbocycles. The van der Waals surface area contributed by atoms with Gasteiger partial charge >= 0.3 is 5.76 Å². The van der Waals surface area contributed by atoms with Crippen LogP contribution in [0.2, 0.25) is 0 Å². The Labute approximate surface area is 155 Å². The van der Waals surface area contributed by atoms with Crippen LogP contribution in [-0.2, 0) is 10.0 Å². The first-order valence-corrected chi connectivity index (χ1v) is 9.87. The lowest BCUT2D eigenvalue weighted by atomic mass is 10.3. The topological polar surface area (TPSA) is 118 Å². The van der Waals surface area contributed by atoms with E-state index in [0.717, 1.165) is 5.69 Å². The monoisotopic (exact) mass is 390 g/mol. The quantitative estimate of drug-likeness (QED) is 0.715. The molecule has 1 fully saturated rings. The first kappa shape index (κ1) is 17.7. The molecule has 1 atom stereocenters. The predicted octanol–water partition coefficient (Wildman–Crippen LogP) is 1.37. The fraction of sp³-hybridized carbons (Fsp3) is 0.353. The van der Waals surface area contributed by atoms with Gasteiger partial charge in [0.1, 0.15) is 11.9 Å². The zero-order valence-corrected chi connectivity index (χ0v) is 15.6. The number of aryl methyl sites for hydroxylation is 2. The second-order valence-corrected chi connectivity index (χ2v) is 8.40. The zero-order chi connectivity index (χ0) is 19.2. The Kier molecular flexibility index (Phi) is 4.23. The van der Waals surface area contributed by atoms with Gasteiger partial charge in [0.25, 0.3) is 0 Å². The molecule has 4 rings (SSSR count). The van der Waals surface area contributed by atoms with Crippen LogP contribution in [0.3, 0.4) is 0 Å². The van der Waals surface area contributed by atoms with Crippen LogP contribution in [0.4, 0.5) is 0 Å². The van der Waals surface area contributed by atoms with Crippen LogP contribution in [0.5, 0.6) is 5.88 Å². The van der Waals surface area contributed by atoms with Crippen molar-refractivity contribution in [2.24, 2.45) is 0 Å². The Bertz CT molecular complexity index is 1150. The number of aromatic nitrogens is 3. The van der Waals surface area contributed by atoms with Crippen molar-refractivity contribution in [3.8, 4) is 5.88 Å². The fourth-order valence-corrected chi connectivity index (χ4v) is 4.68. The maximum Gasteiger partial charge on any atom is 0.417 e. The number of hydrogen-bond acceptors (Lipinski definition) is 7. The highest BCUT2D eigenvalue weighted by molar-refractivity contribution is 7.89. The highest BCUT2D eigenvalue weighted by Crippen LogP contribution is 2.25. The number of rotatable bonds is 4. The molecule has 1 aromatic carbocycles. The molecule has 0 bridgehead atoms. The molecule has 142 valence electrons. The van der Waals surface area contributed by atoms with E-state index in [1.165, 1.54) is 22.5 Å².